The van der Waals surface area contributed by atoms with E-state index in [-0.39, 0.29) is 6.09 Å². The molecule has 0 saturated heterocycles. The monoisotopic (exact) mass is 267 g/mol. The van der Waals surface area contributed by atoms with Crippen molar-refractivity contribution in [3.63, 3.8) is 0 Å². The molecule has 0 aromatic carbocycles. The van der Waals surface area contributed by atoms with Gasteiger partial charge in [-0.2, -0.15) is 0 Å². The minimum absolute atomic E-state index is 0.115. The lowest BCUT2D eigenvalue weighted by Gasteiger charge is -2.32. The lowest BCUT2D eigenvalue weighted by molar-refractivity contribution is 0.0991. The van der Waals surface area contributed by atoms with Crippen molar-refractivity contribution in [2.75, 3.05) is 20.2 Å². The number of rotatable bonds is 4. The SMILES string of the molecule is COC(=O)N(CC1CCCCC1)CC1CCCCC1. The van der Waals surface area contributed by atoms with Gasteiger partial charge in [-0.1, -0.05) is 38.5 Å². The van der Waals surface area contributed by atoms with Crippen molar-refractivity contribution in [2.45, 2.75) is 64.2 Å². The molecule has 0 N–H and O–H groups in total. The molecule has 0 unspecified atom stereocenters. The summed E-state index contributed by atoms with van der Waals surface area (Å²) in [5, 5.41) is 0. The van der Waals surface area contributed by atoms with E-state index in [0.29, 0.717) is 11.8 Å². The van der Waals surface area contributed by atoms with E-state index in [1.807, 2.05) is 4.90 Å². The number of hydrogen-bond donors (Lipinski definition) is 0. The van der Waals surface area contributed by atoms with Crippen LogP contribution in [0, 0.1) is 11.8 Å². The second-order valence-corrected chi connectivity index (χ2v) is 6.38. The van der Waals surface area contributed by atoms with Crippen LogP contribution in [0.15, 0.2) is 0 Å². The van der Waals surface area contributed by atoms with E-state index < -0.39 is 0 Å². The van der Waals surface area contributed by atoms with Gasteiger partial charge in [-0.15, -0.1) is 0 Å². The highest BCUT2D eigenvalue weighted by Gasteiger charge is 2.24. The molecule has 2 aliphatic carbocycles. The summed E-state index contributed by atoms with van der Waals surface area (Å²) < 4.78 is 4.98. The molecule has 110 valence electrons. The summed E-state index contributed by atoms with van der Waals surface area (Å²) in [7, 11) is 1.51. The van der Waals surface area contributed by atoms with Gasteiger partial charge in [0.2, 0.25) is 0 Å². The fourth-order valence-electron chi connectivity index (χ4n) is 3.72. The molecule has 0 spiro atoms. The van der Waals surface area contributed by atoms with Crippen LogP contribution in [-0.4, -0.2) is 31.2 Å². The summed E-state index contributed by atoms with van der Waals surface area (Å²) in [5.74, 6) is 1.41. The van der Waals surface area contributed by atoms with Crippen LogP contribution in [0.5, 0.6) is 0 Å². The number of methoxy groups -OCH3 is 1. The molecule has 0 atom stereocenters. The summed E-state index contributed by atoms with van der Waals surface area (Å²) in [4.78, 5) is 14.0. The van der Waals surface area contributed by atoms with Crippen LogP contribution in [-0.2, 0) is 4.74 Å². The van der Waals surface area contributed by atoms with E-state index in [0.717, 1.165) is 13.1 Å². The number of ether oxygens (including phenoxy) is 1. The van der Waals surface area contributed by atoms with Crippen molar-refractivity contribution in [3.05, 3.63) is 0 Å². The fourth-order valence-corrected chi connectivity index (χ4v) is 3.72. The number of carbonyl (C=O) groups excluding carboxylic acids is 1. The second-order valence-electron chi connectivity index (χ2n) is 6.38. The smallest absolute Gasteiger partial charge is 0.409 e. The molecule has 3 nitrogen and oxygen atoms in total. The Hall–Kier alpha value is -0.730. The third kappa shape index (κ3) is 4.70. The van der Waals surface area contributed by atoms with Crippen molar-refractivity contribution in [3.8, 4) is 0 Å². The molecule has 0 radical (unpaired) electrons. The van der Waals surface area contributed by atoms with E-state index in [1.165, 1.54) is 71.3 Å². The highest BCUT2D eigenvalue weighted by atomic mass is 16.5. The van der Waals surface area contributed by atoms with Gasteiger partial charge < -0.3 is 9.64 Å². The van der Waals surface area contributed by atoms with Crippen LogP contribution >= 0.6 is 0 Å². The van der Waals surface area contributed by atoms with Crippen molar-refractivity contribution < 1.29 is 9.53 Å². The zero-order valence-corrected chi connectivity index (χ0v) is 12.4. The summed E-state index contributed by atoms with van der Waals surface area (Å²) >= 11 is 0. The van der Waals surface area contributed by atoms with Gasteiger partial charge in [0, 0.05) is 13.1 Å². The predicted molar refractivity (Wildman–Crippen MR) is 77.1 cm³/mol. The molecule has 0 bridgehead atoms. The van der Waals surface area contributed by atoms with Crippen molar-refractivity contribution in [2.24, 2.45) is 11.8 Å². The Balaban J connectivity index is 1.84. The molecule has 1 amide bonds. The van der Waals surface area contributed by atoms with Gasteiger partial charge in [-0.25, -0.2) is 4.79 Å². The van der Waals surface area contributed by atoms with Crippen LogP contribution in [0.4, 0.5) is 4.79 Å². The number of carbonyl (C=O) groups is 1. The Bertz CT molecular complexity index is 248. The van der Waals surface area contributed by atoms with Gasteiger partial charge in [-0.3, -0.25) is 0 Å². The van der Waals surface area contributed by atoms with Crippen LogP contribution in [0.1, 0.15) is 64.2 Å². The zero-order valence-electron chi connectivity index (χ0n) is 12.4. The van der Waals surface area contributed by atoms with Crippen molar-refractivity contribution >= 4 is 6.09 Å². The summed E-state index contributed by atoms with van der Waals surface area (Å²) in [6.07, 6.45) is 13.1. The maximum Gasteiger partial charge on any atom is 0.409 e. The normalized spacial score (nSPS) is 22.2. The molecule has 0 heterocycles. The minimum Gasteiger partial charge on any atom is -0.453 e. The van der Waals surface area contributed by atoms with E-state index in [9.17, 15) is 4.79 Å². The molecular weight excluding hydrogens is 238 g/mol. The van der Waals surface area contributed by atoms with Crippen molar-refractivity contribution in [1.82, 2.24) is 4.90 Å². The summed E-state index contributed by atoms with van der Waals surface area (Å²) in [6.45, 7) is 1.84. The predicted octanol–water partition coefficient (Wildman–Crippen LogP) is 4.22. The largest absolute Gasteiger partial charge is 0.453 e. The van der Waals surface area contributed by atoms with Crippen LogP contribution < -0.4 is 0 Å². The lowest BCUT2D eigenvalue weighted by Crippen LogP contribution is -2.39. The van der Waals surface area contributed by atoms with E-state index in [4.69, 9.17) is 4.74 Å². The maximum atomic E-state index is 12.0. The van der Waals surface area contributed by atoms with E-state index in [1.54, 1.807) is 0 Å². The molecule has 2 rings (SSSR count). The van der Waals surface area contributed by atoms with Gasteiger partial charge >= 0.3 is 6.09 Å². The zero-order chi connectivity index (χ0) is 13.5. The minimum atomic E-state index is -0.115. The van der Waals surface area contributed by atoms with E-state index in [2.05, 4.69) is 0 Å². The molecule has 3 heteroatoms. The molecule has 0 aliphatic heterocycles. The van der Waals surface area contributed by atoms with Gasteiger partial charge in [0.15, 0.2) is 0 Å². The lowest BCUT2D eigenvalue weighted by atomic mass is 9.87. The average molecular weight is 267 g/mol. The Morgan fingerprint density at radius 3 is 1.68 bits per heavy atom. The third-order valence-electron chi connectivity index (χ3n) is 4.84. The van der Waals surface area contributed by atoms with Gasteiger partial charge in [0.05, 0.1) is 7.11 Å². The number of hydrogen-bond acceptors (Lipinski definition) is 2. The first-order valence-corrected chi connectivity index (χ1v) is 8.12. The first-order valence-electron chi connectivity index (χ1n) is 8.12. The molecule has 2 aliphatic rings. The molecule has 0 aromatic heterocycles. The first kappa shape index (κ1) is 14.7. The third-order valence-corrected chi connectivity index (χ3v) is 4.84. The quantitative estimate of drug-likeness (QED) is 0.763. The highest BCUT2D eigenvalue weighted by molar-refractivity contribution is 5.67. The Labute approximate surface area is 117 Å². The molecule has 0 aromatic rings. The number of amides is 1. The van der Waals surface area contributed by atoms with Crippen LogP contribution in [0.3, 0.4) is 0 Å². The first-order chi connectivity index (χ1) is 9.29. The van der Waals surface area contributed by atoms with Gasteiger partial charge in [0.25, 0.3) is 0 Å². The highest BCUT2D eigenvalue weighted by Crippen LogP contribution is 2.28. The van der Waals surface area contributed by atoms with Crippen LogP contribution in [0.25, 0.3) is 0 Å². The Kier molecular flexibility index (Phi) is 5.99. The average Bonchev–Trinajstić information content (AvgIpc) is 2.48. The molecular formula is C16H29NO2. The molecule has 2 saturated carbocycles. The second kappa shape index (κ2) is 7.76. The molecule has 2 fully saturated rings. The van der Waals surface area contributed by atoms with Gasteiger partial charge in [0.1, 0.15) is 0 Å². The standard InChI is InChI=1S/C16H29NO2/c1-19-16(18)17(12-14-8-4-2-5-9-14)13-15-10-6-3-7-11-15/h14-15H,2-13H2,1H3. The Morgan fingerprint density at radius 1 is 0.895 bits per heavy atom. The summed E-state index contributed by atoms with van der Waals surface area (Å²) in [6, 6.07) is 0. The fraction of sp³-hybridized carbons (Fsp3) is 0.938. The number of nitrogens with zero attached hydrogens (tertiary/aromatic N) is 1. The van der Waals surface area contributed by atoms with Gasteiger partial charge in [-0.05, 0) is 37.5 Å². The Morgan fingerprint density at radius 2 is 1.32 bits per heavy atom. The summed E-state index contributed by atoms with van der Waals surface area (Å²) in [5.41, 5.74) is 0. The van der Waals surface area contributed by atoms with Crippen LogP contribution in [0.2, 0.25) is 0 Å². The van der Waals surface area contributed by atoms with Crippen molar-refractivity contribution in [1.29, 1.82) is 0 Å². The maximum absolute atomic E-state index is 12.0. The van der Waals surface area contributed by atoms with E-state index >= 15 is 0 Å². The molecule has 19 heavy (non-hydrogen) atoms. The topological polar surface area (TPSA) is 29.5 Å².